The molecule has 0 saturated carbocycles. The van der Waals surface area contributed by atoms with Gasteiger partial charge in [0.2, 0.25) is 10.0 Å². The van der Waals surface area contributed by atoms with Crippen LogP contribution in [0.15, 0.2) is 41.4 Å². The van der Waals surface area contributed by atoms with E-state index in [4.69, 9.17) is 0 Å². The number of aryl methyl sites for hydroxylation is 1. The van der Waals surface area contributed by atoms with Crippen molar-refractivity contribution in [2.75, 3.05) is 13.1 Å². The lowest BCUT2D eigenvalue weighted by molar-refractivity contribution is 0.310. The van der Waals surface area contributed by atoms with Crippen molar-refractivity contribution < 1.29 is 8.42 Å². The fraction of sp³-hybridized carbons (Fsp3) is 0.400. The summed E-state index contributed by atoms with van der Waals surface area (Å²) in [4.78, 5) is 7.94. The predicted molar refractivity (Wildman–Crippen MR) is 80.5 cm³/mol. The second-order valence-corrected chi connectivity index (χ2v) is 7.40. The van der Waals surface area contributed by atoms with Gasteiger partial charge in [0.05, 0.1) is 4.90 Å². The Bertz CT molecular complexity index is 710. The Hall–Kier alpha value is -1.66. The lowest BCUT2D eigenvalue weighted by atomic mass is 9.99. The molecule has 0 amide bonds. The molecule has 2 aromatic rings. The SMILES string of the molecule is Cc1cnc([C@@H]2CCCN(S(=O)(=O)c3ccccc3)C2)[nH]1. The molecule has 5 nitrogen and oxygen atoms in total. The van der Waals surface area contributed by atoms with Gasteiger partial charge in [-0.2, -0.15) is 4.31 Å². The zero-order valence-electron chi connectivity index (χ0n) is 12.0. The highest BCUT2D eigenvalue weighted by Gasteiger charge is 2.31. The maximum Gasteiger partial charge on any atom is 0.243 e. The van der Waals surface area contributed by atoms with E-state index in [2.05, 4.69) is 9.97 Å². The molecule has 0 bridgehead atoms. The van der Waals surface area contributed by atoms with Crippen LogP contribution in [-0.4, -0.2) is 35.8 Å². The summed E-state index contributed by atoms with van der Waals surface area (Å²) in [5.41, 5.74) is 1.01. The number of piperidine rings is 1. The van der Waals surface area contributed by atoms with Crippen LogP contribution in [0.25, 0.3) is 0 Å². The van der Waals surface area contributed by atoms with Crippen LogP contribution in [0.2, 0.25) is 0 Å². The quantitative estimate of drug-likeness (QED) is 0.946. The third-order valence-electron chi connectivity index (χ3n) is 3.87. The number of rotatable bonds is 3. The molecule has 0 spiro atoms. The molecule has 1 saturated heterocycles. The van der Waals surface area contributed by atoms with Gasteiger partial charge in [0, 0.05) is 30.9 Å². The van der Waals surface area contributed by atoms with E-state index in [0.29, 0.717) is 18.0 Å². The number of aromatic nitrogens is 2. The summed E-state index contributed by atoms with van der Waals surface area (Å²) in [5.74, 6) is 1.03. The predicted octanol–water partition coefficient (Wildman–Crippen LogP) is 2.29. The Morgan fingerprint density at radius 1 is 1.29 bits per heavy atom. The fourth-order valence-electron chi connectivity index (χ4n) is 2.77. The summed E-state index contributed by atoms with van der Waals surface area (Å²) in [5, 5.41) is 0. The van der Waals surface area contributed by atoms with Crippen LogP contribution in [0, 0.1) is 6.92 Å². The van der Waals surface area contributed by atoms with Crippen LogP contribution in [0.3, 0.4) is 0 Å². The highest BCUT2D eigenvalue weighted by molar-refractivity contribution is 7.89. The van der Waals surface area contributed by atoms with Gasteiger partial charge in [-0.25, -0.2) is 13.4 Å². The fourth-order valence-corrected chi connectivity index (χ4v) is 4.31. The average molecular weight is 305 g/mol. The molecule has 6 heteroatoms. The molecule has 1 aromatic heterocycles. The molecule has 1 fully saturated rings. The first kappa shape index (κ1) is 14.3. The number of hydrogen-bond acceptors (Lipinski definition) is 3. The van der Waals surface area contributed by atoms with Crippen molar-refractivity contribution in [2.24, 2.45) is 0 Å². The smallest absolute Gasteiger partial charge is 0.243 e. The lowest BCUT2D eigenvalue weighted by Gasteiger charge is -2.31. The Morgan fingerprint density at radius 2 is 2.05 bits per heavy atom. The second kappa shape index (κ2) is 5.61. The van der Waals surface area contributed by atoms with E-state index >= 15 is 0 Å². The van der Waals surface area contributed by atoms with Crippen molar-refractivity contribution in [3.8, 4) is 0 Å². The highest BCUT2D eigenvalue weighted by atomic mass is 32.2. The van der Waals surface area contributed by atoms with Gasteiger partial charge >= 0.3 is 0 Å². The first-order valence-corrected chi connectivity index (χ1v) is 8.58. The van der Waals surface area contributed by atoms with Crippen LogP contribution in [0.4, 0.5) is 0 Å². The minimum Gasteiger partial charge on any atom is -0.346 e. The number of benzene rings is 1. The summed E-state index contributed by atoms with van der Waals surface area (Å²) in [7, 11) is -3.40. The van der Waals surface area contributed by atoms with Crippen LogP contribution < -0.4 is 0 Å². The minimum absolute atomic E-state index is 0.144. The van der Waals surface area contributed by atoms with E-state index in [9.17, 15) is 8.42 Å². The van der Waals surface area contributed by atoms with Gasteiger partial charge in [0.15, 0.2) is 0 Å². The summed E-state index contributed by atoms with van der Waals surface area (Å²) in [6.07, 6.45) is 3.62. The number of H-pyrrole nitrogens is 1. The van der Waals surface area contributed by atoms with E-state index in [0.717, 1.165) is 24.4 Å². The summed E-state index contributed by atoms with van der Waals surface area (Å²) in [6.45, 7) is 3.02. The Kier molecular flexibility index (Phi) is 3.82. The molecule has 1 aromatic carbocycles. The Balaban J connectivity index is 1.83. The maximum atomic E-state index is 12.7. The molecule has 112 valence electrons. The number of sulfonamides is 1. The summed E-state index contributed by atoms with van der Waals surface area (Å²) < 4.78 is 26.9. The van der Waals surface area contributed by atoms with Crippen LogP contribution >= 0.6 is 0 Å². The van der Waals surface area contributed by atoms with Crippen molar-refractivity contribution >= 4 is 10.0 Å². The van der Waals surface area contributed by atoms with E-state index < -0.39 is 10.0 Å². The standard InChI is InChI=1S/C15H19N3O2S/c1-12-10-16-15(17-12)13-6-5-9-18(11-13)21(19,20)14-7-3-2-4-8-14/h2-4,7-8,10,13H,5-6,9,11H2,1H3,(H,16,17)/t13-/m1/s1. The number of aromatic amines is 1. The highest BCUT2D eigenvalue weighted by Crippen LogP contribution is 2.28. The molecular weight excluding hydrogens is 286 g/mol. The zero-order valence-corrected chi connectivity index (χ0v) is 12.8. The third kappa shape index (κ3) is 2.87. The van der Waals surface area contributed by atoms with E-state index in [1.807, 2.05) is 13.0 Å². The molecule has 1 N–H and O–H groups in total. The zero-order chi connectivity index (χ0) is 14.9. The molecule has 0 unspecified atom stereocenters. The molecule has 1 aliphatic rings. The minimum atomic E-state index is -3.40. The molecule has 2 heterocycles. The first-order valence-electron chi connectivity index (χ1n) is 7.14. The Labute approximate surface area is 125 Å². The first-order chi connectivity index (χ1) is 10.1. The van der Waals surface area contributed by atoms with Gasteiger partial charge in [-0.3, -0.25) is 0 Å². The third-order valence-corrected chi connectivity index (χ3v) is 5.75. The monoisotopic (exact) mass is 305 g/mol. The van der Waals surface area contributed by atoms with E-state index in [1.54, 1.807) is 34.8 Å². The average Bonchev–Trinajstić information content (AvgIpc) is 2.95. The maximum absolute atomic E-state index is 12.7. The number of nitrogens with zero attached hydrogens (tertiary/aromatic N) is 2. The molecule has 0 aliphatic carbocycles. The number of nitrogens with one attached hydrogen (secondary N) is 1. The Morgan fingerprint density at radius 3 is 2.71 bits per heavy atom. The molecular formula is C15H19N3O2S. The topological polar surface area (TPSA) is 66.1 Å². The number of hydrogen-bond donors (Lipinski definition) is 1. The van der Waals surface area contributed by atoms with Crippen molar-refractivity contribution in [1.29, 1.82) is 0 Å². The van der Waals surface area contributed by atoms with Gasteiger partial charge in [-0.05, 0) is 31.9 Å². The van der Waals surface area contributed by atoms with Gasteiger partial charge in [0.25, 0.3) is 0 Å². The van der Waals surface area contributed by atoms with Crippen LogP contribution in [0.5, 0.6) is 0 Å². The van der Waals surface area contributed by atoms with Gasteiger partial charge in [-0.1, -0.05) is 18.2 Å². The largest absolute Gasteiger partial charge is 0.346 e. The van der Waals surface area contributed by atoms with Crippen molar-refractivity contribution in [3.63, 3.8) is 0 Å². The number of imidazole rings is 1. The van der Waals surface area contributed by atoms with Crippen molar-refractivity contribution in [2.45, 2.75) is 30.6 Å². The van der Waals surface area contributed by atoms with Crippen LogP contribution in [0.1, 0.15) is 30.3 Å². The van der Waals surface area contributed by atoms with Gasteiger partial charge in [0.1, 0.15) is 5.82 Å². The van der Waals surface area contributed by atoms with Crippen LogP contribution in [-0.2, 0) is 10.0 Å². The van der Waals surface area contributed by atoms with Gasteiger partial charge < -0.3 is 4.98 Å². The molecule has 3 rings (SSSR count). The van der Waals surface area contributed by atoms with E-state index in [-0.39, 0.29) is 5.92 Å². The second-order valence-electron chi connectivity index (χ2n) is 5.47. The lowest BCUT2D eigenvalue weighted by Crippen LogP contribution is -2.39. The molecule has 0 radical (unpaired) electrons. The molecule has 1 atom stereocenters. The van der Waals surface area contributed by atoms with E-state index in [1.165, 1.54) is 0 Å². The molecule has 1 aliphatic heterocycles. The molecule has 21 heavy (non-hydrogen) atoms. The van der Waals surface area contributed by atoms with Crippen molar-refractivity contribution in [3.05, 3.63) is 48.0 Å². The normalized spacial score (nSPS) is 20.5. The van der Waals surface area contributed by atoms with Gasteiger partial charge in [-0.15, -0.1) is 0 Å². The summed E-state index contributed by atoms with van der Waals surface area (Å²) >= 11 is 0. The van der Waals surface area contributed by atoms with Crippen molar-refractivity contribution in [1.82, 2.24) is 14.3 Å². The summed E-state index contributed by atoms with van der Waals surface area (Å²) in [6, 6.07) is 8.63.